The zero-order valence-corrected chi connectivity index (χ0v) is 28.6. The summed E-state index contributed by atoms with van der Waals surface area (Å²) >= 11 is 0. The van der Waals surface area contributed by atoms with Gasteiger partial charge in [0.05, 0.1) is 19.9 Å². The third kappa shape index (κ3) is 8.95. The van der Waals surface area contributed by atoms with Crippen molar-refractivity contribution in [2.24, 2.45) is 29.4 Å². The van der Waals surface area contributed by atoms with E-state index >= 15 is 0 Å². The van der Waals surface area contributed by atoms with E-state index in [0.29, 0.717) is 48.8 Å². The van der Waals surface area contributed by atoms with Gasteiger partial charge in [-0.25, -0.2) is 4.79 Å². The molecule has 3 aliphatic rings. The molecule has 3 N–H and O–H groups in total. The largest absolute Gasteiger partial charge is 0.452 e. The quantitative estimate of drug-likeness (QED) is 0.212. The van der Waals surface area contributed by atoms with Crippen LogP contribution in [0, 0.1) is 23.7 Å². The summed E-state index contributed by atoms with van der Waals surface area (Å²) in [5.41, 5.74) is 7.28. The van der Waals surface area contributed by atoms with Gasteiger partial charge in [0.2, 0.25) is 17.6 Å². The van der Waals surface area contributed by atoms with Gasteiger partial charge in [0.25, 0.3) is 0 Å². The third-order valence-electron chi connectivity index (χ3n) is 10.7. The highest BCUT2D eigenvalue weighted by Crippen LogP contribution is 2.41. The highest BCUT2D eigenvalue weighted by atomic mass is 19.1. The Morgan fingerprint density at radius 2 is 1.69 bits per heavy atom. The lowest BCUT2D eigenvalue weighted by molar-refractivity contribution is -0.142. The van der Waals surface area contributed by atoms with Gasteiger partial charge in [-0.2, -0.15) is 0 Å². The SMILES string of the molecule is CCOCC(COCC)OC(=O)c1cc2cc(NC(=O)[C@@H]3[C@H](C4CCCCC4)CCN3C(=O)C3CCC([C@H](N)CCF)CC3)ccc2o1. The maximum Gasteiger partial charge on any atom is 0.374 e. The number of nitrogens with one attached hydrogen (secondary N) is 1. The van der Waals surface area contributed by atoms with Gasteiger partial charge in [-0.3, -0.25) is 14.0 Å². The summed E-state index contributed by atoms with van der Waals surface area (Å²) in [6, 6.07) is 6.16. The molecule has 5 rings (SSSR count). The second-order valence-electron chi connectivity index (χ2n) is 13.8. The van der Waals surface area contributed by atoms with E-state index in [1.807, 2.05) is 18.7 Å². The Labute approximate surface area is 283 Å². The van der Waals surface area contributed by atoms with E-state index in [2.05, 4.69) is 5.32 Å². The van der Waals surface area contributed by atoms with Crippen LogP contribution in [0.25, 0.3) is 11.0 Å². The van der Waals surface area contributed by atoms with E-state index in [1.54, 1.807) is 24.3 Å². The lowest BCUT2D eigenvalue weighted by Gasteiger charge is -2.37. The Morgan fingerprint density at radius 1 is 0.979 bits per heavy atom. The first-order chi connectivity index (χ1) is 23.3. The molecule has 3 atom stereocenters. The first-order valence-electron chi connectivity index (χ1n) is 18.2. The van der Waals surface area contributed by atoms with Crippen molar-refractivity contribution >= 4 is 34.4 Å². The summed E-state index contributed by atoms with van der Waals surface area (Å²) < 4.78 is 35.2. The highest BCUT2D eigenvalue weighted by Gasteiger charge is 2.47. The van der Waals surface area contributed by atoms with E-state index in [4.69, 9.17) is 24.4 Å². The van der Waals surface area contributed by atoms with Crippen molar-refractivity contribution in [2.75, 3.05) is 45.0 Å². The lowest BCUT2D eigenvalue weighted by atomic mass is 9.76. The van der Waals surface area contributed by atoms with Gasteiger partial charge >= 0.3 is 5.97 Å². The summed E-state index contributed by atoms with van der Waals surface area (Å²) in [6.07, 6.45) is 9.41. The van der Waals surface area contributed by atoms with E-state index in [9.17, 15) is 18.8 Å². The summed E-state index contributed by atoms with van der Waals surface area (Å²) in [5, 5.41) is 3.76. The van der Waals surface area contributed by atoms with Crippen LogP contribution in [0.5, 0.6) is 0 Å². The first kappa shape index (κ1) is 36.3. The molecule has 1 saturated heterocycles. The lowest BCUT2D eigenvalue weighted by Crippen LogP contribution is -2.50. The van der Waals surface area contributed by atoms with Crippen molar-refractivity contribution in [3.05, 3.63) is 30.0 Å². The number of hydrogen-bond donors (Lipinski definition) is 2. The molecule has 0 unspecified atom stereocenters. The fourth-order valence-corrected chi connectivity index (χ4v) is 8.11. The average molecular weight is 672 g/mol. The van der Waals surface area contributed by atoms with Crippen LogP contribution in [0.15, 0.2) is 28.7 Å². The molecule has 48 heavy (non-hydrogen) atoms. The number of fused-ring (bicyclic) bond motifs is 1. The van der Waals surface area contributed by atoms with Crippen molar-refractivity contribution in [2.45, 2.75) is 103 Å². The number of carbonyl (C=O) groups excluding carboxylic acids is 3. The van der Waals surface area contributed by atoms with Gasteiger partial charge in [-0.1, -0.05) is 32.1 Å². The normalized spacial score (nSPS) is 24.2. The number of ether oxygens (including phenoxy) is 3. The summed E-state index contributed by atoms with van der Waals surface area (Å²) in [5.74, 6) is -0.0408. The topological polar surface area (TPSA) is 133 Å². The number of esters is 1. The Balaban J connectivity index is 1.28. The molecule has 3 fully saturated rings. The van der Waals surface area contributed by atoms with Crippen LogP contribution in [0.2, 0.25) is 0 Å². The van der Waals surface area contributed by atoms with Gasteiger partial charge in [-0.05, 0) is 94.4 Å². The maximum atomic E-state index is 14.1. The second kappa shape index (κ2) is 17.6. The van der Waals surface area contributed by atoms with E-state index in [1.165, 1.54) is 6.42 Å². The molecule has 1 aromatic heterocycles. The van der Waals surface area contributed by atoms with Crippen LogP contribution in [-0.4, -0.2) is 80.5 Å². The predicted octanol–water partition coefficient (Wildman–Crippen LogP) is 6.26. The van der Waals surface area contributed by atoms with Gasteiger partial charge in [0.1, 0.15) is 17.7 Å². The van der Waals surface area contributed by atoms with Gasteiger partial charge in [-0.15, -0.1) is 0 Å². The van der Waals surface area contributed by atoms with Crippen molar-refractivity contribution in [3.8, 4) is 0 Å². The van der Waals surface area contributed by atoms with Crippen LogP contribution in [0.3, 0.4) is 0 Å². The molecule has 0 bridgehead atoms. The number of furan rings is 1. The minimum atomic E-state index is -0.616. The Morgan fingerprint density at radius 3 is 2.35 bits per heavy atom. The second-order valence-corrected chi connectivity index (χ2v) is 13.8. The molecule has 2 amide bonds. The van der Waals surface area contributed by atoms with Gasteiger partial charge in [0.15, 0.2) is 0 Å². The summed E-state index contributed by atoms with van der Waals surface area (Å²) in [7, 11) is 0. The molecule has 1 aromatic carbocycles. The molecule has 2 saturated carbocycles. The number of anilines is 1. The van der Waals surface area contributed by atoms with Crippen LogP contribution < -0.4 is 11.1 Å². The third-order valence-corrected chi connectivity index (χ3v) is 10.7. The molecule has 0 radical (unpaired) electrons. The van der Waals surface area contributed by atoms with Crippen molar-refractivity contribution in [1.29, 1.82) is 0 Å². The van der Waals surface area contributed by atoms with Gasteiger partial charge in [0, 0.05) is 42.8 Å². The Hall–Kier alpha value is -3.02. The zero-order valence-electron chi connectivity index (χ0n) is 28.6. The fraction of sp³-hybridized carbons (Fsp3) is 0.703. The smallest absolute Gasteiger partial charge is 0.374 e. The van der Waals surface area contributed by atoms with Crippen LogP contribution in [-0.2, 0) is 23.8 Å². The molecule has 1 aliphatic heterocycles. The molecule has 266 valence electrons. The number of carbonyl (C=O) groups is 3. The van der Waals surface area contributed by atoms with Crippen molar-refractivity contribution in [1.82, 2.24) is 4.90 Å². The molecular formula is C37H54FN3O7. The number of hydrogen-bond acceptors (Lipinski definition) is 8. The standard InChI is InChI=1S/C37H54FN3O7/c1-3-45-22-29(23-46-4-2)47-37(44)33-21-27-20-28(14-15-32(27)48-33)40-35(42)34-30(24-8-6-5-7-9-24)17-19-41(34)36(43)26-12-10-25(11-13-26)31(39)16-18-38/h14-15,20-21,24-26,29-31,34H,3-13,16-19,22-23,39H2,1-2H3,(H,40,42)/t25?,26?,30-,31+,34-/m0/s1. The van der Waals surface area contributed by atoms with E-state index in [0.717, 1.165) is 57.8 Å². The minimum absolute atomic E-state index is 0.0526. The van der Waals surface area contributed by atoms with Crippen molar-refractivity contribution < 1.29 is 37.4 Å². The van der Waals surface area contributed by atoms with E-state index in [-0.39, 0.29) is 54.6 Å². The zero-order chi connectivity index (χ0) is 34.0. The molecular weight excluding hydrogens is 617 g/mol. The molecule has 10 nitrogen and oxygen atoms in total. The number of nitrogens with zero attached hydrogens (tertiary/aromatic N) is 1. The fourth-order valence-electron chi connectivity index (χ4n) is 8.11. The summed E-state index contributed by atoms with van der Waals surface area (Å²) in [6.45, 7) is 5.33. The Kier molecular flexibility index (Phi) is 13.3. The molecule has 0 spiro atoms. The maximum absolute atomic E-state index is 14.1. The summed E-state index contributed by atoms with van der Waals surface area (Å²) in [4.78, 5) is 42.9. The first-order valence-corrected chi connectivity index (χ1v) is 18.2. The number of benzene rings is 1. The number of amides is 2. The number of rotatable bonds is 15. The molecule has 11 heteroatoms. The molecule has 2 aliphatic carbocycles. The van der Waals surface area contributed by atoms with E-state index < -0.39 is 24.8 Å². The van der Waals surface area contributed by atoms with Crippen LogP contribution in [0.1, 0.15) is 95.0 Å². The monoisotopic (exact) mass is 671 g/mol. The number of likely N-dealkylation sites (tertiary alicyclic amines) is 1. The number of nitrogens with two attached hydrogens (primary N) is 1. The highest BCUT2D eigenvalue weighted by molar-refractivity contribution is 6.00. The number of halogens is 1. The van der Waals surface area contributed by atoms with Crippen molar-refractivity contribution in [3.63, 3.8) is 0 Å². The van der Waals surface area contributed by atoms with Gasteiger partial charge < -0.3 is 34.6 Å². The predicted molar refractivity (Wildman–Crippen MR) is 181 cm³/mol. The Bertz CT molecular complexity index is 1350. The number of alkyl halides is 1. The van der Waals surface area contributed by atoms with Crippen LogP contribution in [0.4, 0.5) is 10.1 Å². The molecule has 2 aromatic rings. The van der Waals surface area contributed by atoms with Crippen LogP contribution >= 0.6 is 0 Å². The average Bonchev–Trinajstić information content (AvgIpc) is 3.75. The minimum Gasteiger partial charge on any atom is -0.452 e. The molecule has 2 heterocycles.